The zero-order chi connectivity index (χ0) is 18.6. The molecule has 0 radical (unpaired) electrons. The average molecular weight is 364 g/mol. The first-order valence-electron chi connectivity index (χ1n) is 7.85. The van der Waals surface area contributed by atoms with Gasteiger partial charge in [0.1, 0.15) is 11.4 Å². The van der Waals surface area contributed by atoms with Crippen LogP contribution in [0.5, 0.6) is 0 Å². The van der Waals surface area contributed by atoms with Crippen molar-refractivity contribution in [3.63, 3.8) is 0 Å². The van der Waals surface area contributed by atoms with Crippen molar-refractivity contribution in [3.05, 3.63) is 64.4 Å². The van der Waals surface area contributed by atoms with Crippen molar-refractivity contribution < 1.29 is 18.7 Å². The number of amides is 1. The van der Waals surface area contributed by atoms with E-state index in [4.69, 9.17) is 16.3 Å². The van der Waals surface area contributed by atoms with Crippen LogP contribution in [0.15, 0.2) is 42.5 Å². The number of rotatable bonds is 5. The highest BCUT2D eigenvalue weighted by atomic mass is 35.5. The summed E-state index contributed by atoms with van der Waals surface area (Å²) in [6.45, 7) is 5.55. The van der Waals surface area contributed by atoms with Gasteiger partial charge in [-0.3, -0.25) is 4.79 Å². The van der Waals surface area contributed by atoms with Crippen molar-refractivity contribution in [3.8, 4) is 0 Å². The Morgan fingerprint density at radius 2 is 1.72 bits per heavy atom. The van der Waals surface area contributed by atoms with Crippen molar-refractivity contribution in [2.75, 3.05) is 5.32 Å². The Bertz CT molecular complexity index is 754. The van der Waals surface area contributed by atoms with Crippen molar-refractivity contribution in [1.82, 2.24) is 0 Å². The summed E-state index contributed by atoms with van der Waals surface area (Å²) in [7, 11) is 0. The van der Waals surface area contributed by atoms with E-state index in [0.717, 1.165) is 11.6 Å². The van der Waals surface area contributed by atoms with E-state index in [1.807, 2.05) is 12.1 Å². The summed E-state index contributed by atoms with van der Waals surface area (Å²) in [5.41, 5.74) is 1.35. The van der Waals surface area contributed by atoms with Crippen LogP contribution < -0.4 is 5.32 Å². The zero-order valence-electron chi connectivity index (χ0n) is 14.2. The second-order valence-electron chi connectivity index (χ2n) is 5.91. The summed E-state index contributed by atoms with van der Waals surface area (Å²) in [5.74, 6) is -1.91. The molecular formula is C19H19ClFNO3. The molecule has 0 aromatic heterocycles. The number of hydrogen-bond donors (Lipinski definition) is 1. The van der Waals surface area contributed by atoms with Crippen LogP contribution in [-0.2, 0) is 9.53 Å². The molecule has 0 bridgehead atoms. The second-order valence-corrected chi connectivity index (χ2v) is 6.32. The number of carbonyl (C=O) groups excluding carboxylic acids is 2. The molecule has 1 atom stereocenters. The Hall–Kier alpha value is -2.40. The van der Waals surface area contributed by atoms with Crippen molar-refractivity contribution in [2.24, 2.45) is 0 Å². The maximum atomic E-state index is 13.7. The minimum Gasteiger partial charge on any atom is -0.449 e. The lowest BCUT2D eigenvalue weighted by Crippen LogP contribution is -2.30. The lowest BCUT2D eigenvalue weighted by Gasteiger charge is -2.15. The Kier molecular flexibility index (Phi) is 6.15. The number of anilines is 1. The first-order chi connectivity index (χ1) is 11.8. The van der Waals surface area contributed by atoms with Crippen molar-refractivity contribution in [1.29, 1.82) is 0 Å². The predicted molar refractivity (Wildman–Crippen MR) is 95.4 cm³/mol. The molecule has 2 aromatic rings. The average Bonchev–Trinajstić information content (AvgIpc) is 2.55. The van der Waals surface area contributed by atoms with Gasteiger partial charge in [0.05, 0.1) is 5.02 Å². The fourth-order valence-corrected chi connectivity index (χ4v) is 2.40. The third-order valence-corrected chi connectivity index (χ3v) is 3.98. The highest BCUT2D eigenvalue weighted by Gasteiger charge is 2.23. The topological polar surface area (TPSA) is 55.4 Å². The lowest BCUT2D eigenvalue weighted by atomic mass is 10.0. The van der Waals surface area contributed by atoms with Gasteiger partial charge in [-0.15, -0.1) is 0 Å². The molecule has 1 N–H and O–H groups in total. The summed E-state index contributed by atoms with van der Waals surface area (Å²) in [6, 6.07) is 11.2. The van der Waals surface area contributed by atoms with Gasteiger partial charge in [0.15, 0.2) is 6.10 Å². The Balaban J connectivity index is 2.01. The summed E-state index contributed by atoms with van der Waals surface area (Å²) < 4.78 is 18.7. The van der Waals surface area contributed by atoms with Gasteiger partial charge in [-0.25, -0.2) is 9.18 Å². The molecule has 0 aliphatic rings. The van der Waals surface area contributed by atoms with Crippen LogP contribution in [0.1, 0.15) is 42.6 Å². The molecule has 0 aliphatic heterocycles. The van der Waals surface area contributed by atoms with E-state index in [-0.39, 0.29) is 10.6 Å². The van der Waals surface area contributed by atoms with Crippen LogP contribution in [0.3, 0.4) is 0 Å². The summed E-state index contributed by atoms with van der Waals surface area (Å²) in [6.07, 6.45) is -1.10. The highest BCUT2D eigenvalue weighted by Crippen LogP contribution is 2.21. The molecule has 0 saturated heterocycles. The van der Waals surface area contributed by atoms with Gasteiger partial charge in [-0.05, 0) is 42.7 Å². The number of halogens is 2. The molecule has 0 aliphatic carbocycles. The fraction of sp³-hybridized carbons (Fsp3) is 0.263. The molecule has 2 aromatic carbocycles. The molecule has 0 spiro atoms. The maximum absolute atomic E-state index is 13.7. The molecule has 4 nitrogen and oxygen atoms in total. The molecule has 1 amide bonds. The number of ether oxygens (including phenoxy) is 1. The van der Waals surface area contributed by atoms with Crippen LogP contribution >= 0.6 is 11.6 Å². The lowest BCUT2D eigenvalue weighted by molar-refractivity contribution is -0.123. The summed E-state index contributed by atoms with van der Waals surface area (Å²) in [5, 5.41) is 2.58. The maximum Gasteiger partial charge on any atom is 0.343 e. The number of esters is 1. The smallest absolute Gasteiger partial charge is 0.343 e. The Morgan fingerprint density at radius 1 is 1.08 bits per heavy atom. The predicted octanol–water partition coefficient (Wildman–Crippen LogP) is 4.79. The molecule has 6 heteroatoms. The third-order valence-electron chi connectivity index (χ3n) is 3.66. The minimum absolute atomic E-state index is 0.0677. The monoisotopic (exact) mass is 363 g/mol. The van der Waals surface area contributed by atoms with Crippen molar-refractivity contribution >= 4 is 29.2 Å². The Morgan fingerprint density at radius 3 is 2.28 bits per heavy atom. The molecule has 0 saturated carbocycles. The van der Waals surface area contributed by atoms with Gasteiger partial charge < -0.3 is 10.1 Å². The van der Waals surface area contributed by atoms with Gasteiger partial charge in [0.25, 0.3) is 5.91 Å². The van der Waals surface area contributed by atoms with Gasteiger partial charge >= 0.3 is 5.97 Å². The summed E-state index contributed by atoms with van der Waals surface area (Å²) >= 11 is 5.82. The molecule has 0 unspecified atom stereocenters. The summed E-state index contributed by atoms with van der Waals surface area (Å²) in [4.78, 5) is 24.2. The number of benzene rings is 2. The quantitative estimate of drug-likeness (QED) is 0.777. The largest absolute Gasteiger partial charge is 0.449 e. The minimum atomic E-state index is -1.10. The van der Waals surface area contributed by atoms with E-state index in [0.29, 0.717) is 11.6 Å². The van der Waals surface area contributed by atoms with Gasteiger partial charge in [0.2, 0.25) is 0 Å². The second kappa shape index (κ2) is 8.12. The van der Waals surface area contributed by atoms with Gasteiger partial charge in [0, 0.05) is 5.69 Å². The zero-order valence-corrected chi connectivity index (χ0v) is 14.9. The van der Waals surface area contributed by atoms with E-state index in [9.17, 15) is 14.0 Å². The van der Waals surface area contributed by atoms with E-state index >= 15 is 0 Å². The number of carbonyl (C=O) groups is 2. The molecule has 0 fully saturated rings. The van der Waals surface area contributed by atoms with Crippen LogP contribution in [0.25, 0.3) is 0 Å². The first-order valence-corrected chi connectivity index (χ1v) is 8.23. The number of nitrogens with one attached hydrogen (secondary N) is 1. The SMILES string of the molecule is CC(C)c1ccc(NC(=O)[C@H](C)OC(=O)c2c(F)cccc2Cl)cc1. The van der Waals surface area contributed by atoms with Crippen LogP contribution in [0.4, 0.5) is 10.1 Å². The van der Waals surface area contributed by atoms with Crippen LogP contribution in [0.2, 0.25) is 5.02 Å². The van der Waals surface area contributed by atoms with Gasteiger partial charge in [-0.1, -0.05) is 43.6 Å². The normalized spacial score (nSPS) is 11.9. The van der Waals surface area contributed by atoms with Crippen LogP contribution in [-0.4, -0.2) is 18.0 Å². The first kappa shape index (κ1) is 18.9. The van der Waals surface area contributed by atoms with E-state index in [1.54, 1.807) is 12.1 Å². The van der Waals surface area contributed by atoms with Crippen LogP contribution in [0, 0.1) is 5.82 Å². The molecule has 132 valence electrons. The van der Waals surface area contributed by atoms with E-state index in [2.05, 4.69) is 19.2 Å². The van der Waals surface area contributed by atoms with E-state index < -0.39 is 23.8 Å². The molecule has 25 heavy (non-hydrogen) atoms. The third kappa shape index (κ3) is 4.79. The fourth-order valence-electron chi connectivity index (χ4n) is 2.16. The number of hydrogen-bond acceptors (Lipinski definition) is 3. The standard InChI is InChI=1S/C19H19ClFNO3/c1-11(2)13-7-9-14(10-8-13)22-18(23)12(3)25-19(24)17-15(20)5-4-6-16(17)21/h4-12H,1-3H3,(H,22,23)/t12-/m0/s1. The van der Waals surface area contributed by atoms with E-state index in [1.165, 1.54) is 19.1 Å². The van der Waals surface area contributed by atoms with Gasteiger partial charge in [-0.2, -0.15) is 0 Å². The van der Waals surface area contributed by atoms with Crippen molar-refractivity contribution in [2.45, 2.75) is 32.8 Å². The molecular weight excluding hydrogens is 345 g/mol. The molecule has 0 heterocycles. The molecule has 2 rings (SSSR count). The Labute approximate surface area is 150 Å². The highest BCUT2D eigenvalue weighted by molar-refractivity contribution is 6.33.